The third-order valence-electron chi connectivity index (χ3n) is 5.03. The summed E-state index contributed by atoms with van der Waals surface area (Å²) in [6.07, 6.45) is 0. The number of hydrogen-bond acceptors (Lipinski definition) is 9. The molecule has 0 aliphatic heterocycles. The minimum absolute atomic E-state index is 0.0604. The van der Waals surface area contributed by atoms with Crippen molar-refractivity contribution in [3.05, 3.63) is 78.9 Å². The maximum absolute atomic E-state index is 13.4. The Hall–Kier alpha value is -3.95. The Labute approximate surface area is 210 Å². The summed E-state index contributed by atoms with van der Waals surface area (Å²) in [7, 11) is -14.5. The molecule has 0 saturated carbocycles. The molecule has 0 bridgehead atoms. The Morgan fingerprint density at radius 3 is 1.95 bits per heavy atom. The molecule has 0 amide bonds. The van der Waals surface area contributed by atoms with Gasteiger partial charge in [-0.05, 0) is 60.7 Å². The normalized spacial score (nSPS) is 12.7. The van der Waals surface area contributed by atoms with Crippen molar-refractivity contribution >= 4 is 58.3 Å². The van der Waals surface area contributed by atoms with Gasteiger partial charge in [0.15, 0.2) is 0 Å². The minimum Gasteiger partial charge on any atom is -0.507 e. The Morgan fingerprint density at radius 2 is 1.30 bits per heavy atom. The van der Waals surface area contributed by atoms with Crippen LogP contribution >= 0.6 is 0 Å². The maximum atomic E-state index is 13.4. The van der Waals surface area contributed by atoms with E-state index in [4.69, 9.17) is 0 Å². The van der Waals surface area contributed by atoms with Crippen molar-refractivity contribution < 1.29 is 38.1 Å². The lowest BCUT2D eigenvalue weighted by molar-refractivity contribution is 0.481. The number of phenols is 1. The van der Waals surface area contributed by atoms with E-state index in [1.807, 2.05) is 0 Å². The van der Waals surface area contributed by atoms with E-state index in [1.165, 1.54) is 42.5 Å². The zero-order valence-electron chi connectivity index (χ0n) is 18.3. The summed E-state index contributed by atoms with van der Waals surface area (Å²) in [5, 5.41) is 18.6. The lowest BCUT2D eigenvalue weighted by Crippen LogP contribution is -2.13. The fraction of sp³-hybridized carbons (Fsp3) is 0. The van der Waals surface area contributed by atoms with Crippen LogP contribution in [0.3, 0.4) is 0 Å². The third kappa shape index (κ3) is 5.73. The largest absolute Gasteiger partial charge is 0.507 e. The van der Waals surface area contributed by atoms with Crippen LogP contribution in [0.15, 0.2) is 104 Å². The summed E-state index contributed by atoms with van der Waals surface area (Å²) in [4.78, 5) is -1.94. The van der Waals surface area contributed by atoms with E-state index in [0.717, 1.165) is 30.3 Å². The average molecular weight is 568 g/mol. The molecule has 0 fully saturated rings. The van der Waals surface area contributed by atoms with E-state index in [1.54, 1.807) is 0 Å². The molecule has 192 valence electrons. The van der Waals surface area contributed by atoms with E-state index in [9.17, 15) is 38.1 Å². The molecule has 10 nitrogen and oxygen atoms in total. The number of aromatic hydroxyl groups is 1. The zero-order chi connectivity index (χ0) is 27.0. The van der Waals surface area contributed by atoms with Gasteiger partial charge in [0.25, 0.3) is 10.0 Å². The lowest BCUT2D eigenvalue weighted by atomic mass is 10.1. The van der Waals surface area contributed by atoms with Crippen LogP contribution in [0, 0.1) is 0 Å². The number of benzene rings is 4. The van der Waals surface area contributed by atoms with Crippen LogP contribution in [-0.4, -0.2) is 30.4 Å². The Kier molecular flexibility index (Phi) is 6.70. The summed E-state index contributed by atoms with van der Waals surface area (Å²) < 4.78 is 99.1. The highest BCUT2D eigenvalue weighted by Gasteiger charge is 2.21. The number of sulfonamides is 1. The molecular weight excluding hydrogens is 552 g/mol. The smallest absolute Gasteiger partial charge is 0.332 e. The molecule has 0 spiro atoms. The molecule has 4 aromatic carbocycles. The summed E-state index contributed by atoms with van der Waals surface area (Å²) >= 11 is 0. The third-order valence-corrected chi connectivity index (χ3v) is 8.04. The summed E-state index contributed by atoms with van der Waals surface area (Å²) in [6, 6.07) is 15.0. The van der Waals surface area contributed by atoms with E-state index in [-0.39, 0.29) is 33.6 Å². The molecule has 0 radical (unpaired) electrons. The fourth-order valence-electron chi connectivity index (χ4n) is 3.32. The van der Waals surface area contributed by atoms with Gasteiger partial charge >= 0.3 is 20.4 Å². The minimum atomic E-state index is -5.16. The predicted octanol–water partition coefficient (Wildman–Crippen LogP) is 5.08. The summed E-state index contributed by atoms with van der Waals surface area (Å²) in [5.74, 6) is -0.210. The Morgan fingerprint density at radius 1 is 0.676 bits per heavy atom. The van der Waals surface area contributed by atoms with Crippen LogP contribution in [0.1, 0.15) is 0 Å². The molecule has 0 aliphatic rings. The van der Waals surface area contributed by atoms with Crippen molar-refractivity contribution in [2.45, 2.75) is 14.7 Å². The van der Waals surface area contributed by atoms with Gasteiger partial charge in [0.1, 0.15) is 5.75 Å². The van der Waals surface area contributed by atoms with Crippen LogP contribution in [0.25, 0.3) is 10.8 Å². The van der Waals surface area contributed by atoms with E-state index < -0.39 is 45.2 Å². The van der Waals surface area contributed by atoms with E-state index in [0.29, 0.717) is 6.07 Å². The number of halogens is 2. The first-order valence-electron chi connectivity index (χ1n) is 10.0. The molecule has 15 heteroatoms. The molecule has 4 aromatic rings. The monoisotopic (exact) mass is 567 g/mol. The van der Waals surface area contributed by atoms with Crippen LogP contribution in [0.5, 0.6) is 5.75 Å². The van der Waals surface area contributed by atoms with Crippen molar-refractivity contribution in [3.8, 4) is 5.75 Å². The Balaban J connectivity index is 1.77. The second-order valence-electron chi connectivity index (χ2n) is 7.48. The van der Waals surface area contributed by atoms with Crippen molar-refractivity contribution in [2.75, 3.05) is 4.72 Å². The molecule has 0 aromatic heterocycles. The second-order valence-corrected chi connectivity index (χ2v) is 11.9. The highest BCUT2D eigenvalue weighted by Crippen LogP contribution is 2.39. The molecule has 0 heterocycles. The van der Waals surface area contributed by atoms with Gasteiger partial charge in [0.05, 0.1) is 31.7 Å². The quantitative estimate of drug-likeness (QED) is 0.233. The van der Waals surface area contributed by atoms with Gasteiger partial charge in [-0.2, -0.15) is 21.9 Å². The number of nitrogens with one attached hydrogen (secondary N) is 1. The van der Waals surface area contributed by atoms with Crippen LogP contribution < -0.4 is 4.72 Å². The highest BCUT2D eigenvalue weighted by molar-refractivity contribution is 7.92. The maximum Gasteiger partial charge on any atom is 0.332 e. The Bertz CT molecular complexity index is 1880. The first kappa shape index (κ1) is 26.1. The second kappa shape index (κ2) is 9.49. The number of fused-ring (bicyclic) bond motifs is 1. The van der Waals surface area contributed by atoms with Gasteiger partial charge in [0.2, 0.25) is 0 Å². The van der Waals surface area contributed by atoms with Crippen molar-refractivity contribution in [1.82, 2.24) is 0 Å². The lowest BCUT2D eigenvalue weighted by Gasteiger charge is -2.13. The molecule has 2 N–H and O–H groups in total. The number of phenolic OH excluding ortho intramolecular Hbond substituents is 1. The summed E-state index contributed by atoms with van der Waals surface area (Å²) in [6.45, 7) is 0. The number of rotatable bonds is 7. The van der Waals surface area contributed by atoms with Gasteiger partial charge in [-0.3, -0.25) is 4.72 Å². The van der Waals surface area contributed by atoms with Crippen molar-refractivity contribution in [2.24, 2.45) is 10.2 Å². The van der Waals surface area contributed by atoms with Crippen molar-refractivity contribution in [1.29, 1.82) is 0 Å². The van der Waals surface area contributed by atoms with Crippen LogP contribution in [0.4, 0.5) is 24.8 Å². The molecule has 0 saturated heterocycles. The predicted molar refractivity (Wildman–Crippen MR) is 130 cm³/mol. The number of anilines is 1. The van der Waals surface area contributed by atoms with E-state index in [2.05, 4.69) is 15.0 Å². The van der Waals surface area contributed by atoms with Gasteiger partial charge in [-0.1, -0.05) is 18.2 Å². The van der Waals surface area contributed by atoms with Gasteiger partial charge < -0.3 is 5.11 Å². The highest BCUT2D eigenvalue weighted by atomic mass is 32.3. The van der Waals surface area contributed by atoms with Gasteiger partial charge in [-0.25, -0.2) is 8.42 Å². The molecule has 0 aliphatic carbocycles. The molecule has 4 rings (SSSR count). The van der Waals surface area contributed by atoms with Crippen LogP contribution in [-0.2, 0) is 30.5 Å². The molecule has 0 unspecified atom stereocenters. The standard InChI is InChI=1S/C22H15F2N3O7S3/c23-35(29,30)15-9-7-14(8-10-15)25-26-19-11-12-21(28)18-5-2-6-20(22(18)19)27-37(33,34)17-4-1-3-16(13-17)36(24,31)32/h1-13,27-28H/b26-25+. The van der Waals surface area contributed by atoms with Crippen molar-refractivity contribution in [3.63, 3.8) is 0 Å². The average Bonchev–Trinajstić information content (AvgIpc) is 2.83. The first-order valence-corrected chi connectivity index (χ1v) is 14.3. The fourth-order valence-corrected chi connectivity index (χ4v) is 5.49. The van der Waals surface area contributed by atoms with Gasteiger partial charge in [0, 0.05) is 10.8 Å². The molecule has 37 heavy (non-hydrogen) atoms. The van der Waals surface area contributed by atoms with E-state index >= 15 is 0 Å². The zero-order valence-corrected chi connectivity index (χ0v) is 20.7. The number of hydrogen-bond donors (Lipinski definition) is 2. The molecular formula is C22H15F2N3O7S3. The number of nitrogens with zero attached hydrogens (tertiary/aromatic N) is 2. The number of azo groups is 1. The van der Waals surface area contributed by atoms with Gasteiger partial charge in [-0.15, -0.1) is 12.9 Å². The van der Waals surface area contributed by atoms with Crippen LogP contribution in [0.2, 0.25) is 0 Å². The molecule has 0 atom stereocenters. The SMILES string of the molecule is O=S(=O)(F)c1ccc(/N=N/c2ccc(O)c3cccc(NS(=O)(=O)c4cccc(S(=O)(=O)F)c4)c23)cc1. The topological polar surface area (TPSA) is 159 Å². The summed E-state index contributed by atoms with van der Waals surface area (Å²) in [5.41, 5.74) is 0.180. The first-order chi connectivity index (χ1) is 17.3.